The van der Waals surface area contributed by atoms with Crippen molar-refractivity contribution in [3.8, 4) is 6.07 Å². The summed E-state index contributed by atoms with van der Waals surface area (Å²) in [5.41, 5.74) is 0. The number of aromatic nitrogens is 3. The molecule has 1 fully saturated rings. The molecule has 86 valence electrons. The Morgan fingerprint density at radius 3 is 3.31 bits per heavy atom. The highest BCUT2D eigenvalue weighted by Crippen LogP contribution is 2.07. The standard InChI is InChI=1S/C10H16N6/c1-2-16-10(13-8-14-16)7-15-4-3-12-6-9(15)5-11/h8-9,12H,2-4,6-7H2,1H3. The average Bonchev–Trinajstić information content (AvgIpc) is 2.77. The van der Waals surface area contributed by atoms with Crippen molar-refractivity contribution >= 4 is 0 Å². The van der Waals surface area contributed by atoms with Crippen LogP contribution in [0.3, 0.4) is 0 Å². The first kappa shape index (κ1) is 11.0. The molecular weight excluding hydrogens is 204 g/mol. The number of nitrogens with one attached hydrogen (secondary N) is 1. The van der Waals surface area contributed by atoms with Crippen LogP contribution in [0.15, 0.2) is 6.33 Å². The Bertz CT molecular complexity index is 379. The van der Waals surface area contributed by atoms with Gasteiger partial charge < -0.3 is 5.32 Å². The third-order valence-corrected chi connectivity index (χ3v) is 2.84. The smallest absolute Gasteiger partial charge is 0.141 e. The summed E-state index contributed by atoms with van der Waals surface area (Å²) in [5.74, 6) is 0.935. The van der Waals surface area contributed by atoms with Crippen molar-refractivity contribution in [1.82, 2.24) is 25.0 Å². The van der Waals surface area contributed by atoms with Crippen LogP contribution >= 0.6 is 0 Å². The fraction of sp³-hybridized carbons (Fsp3) is 0.700. The summed E-state index contributed by atoms with van der Waals surface area (Å²) in [5, 5.41) is 16.4. The number of hydrogen-bond acceptors (Lipinski definition) is 5. The van der Waals surface area contributed by atoms with Crippen LogP contribution in [0.4, 0.5) is 0 Å². The van der Waals surface area contributed by atoms with Gasteiger partial charge in [-0.1, -0.05) is 0 Å². The van der Waals surface area contributed by atoms with Crippen LogP contribution in [0, 0.1) is 11.3 Å². The Balaban J connectivity index is 2.05. The van der Waals surface area contributed by atoms with E-state index in [1.807, 2.05) is 11.6 Å². The first-order chi connectivity index (χ1) is 7.85. The lowest BCUT2D eigenvalue weighted by Crippen LogP contribution is -2.50. The third kappa shape index (κ3) is 2.21. The molecule has 0 spiro atoms. The van der Waals surface area contributed by atoms with Gasteiger partial charge in [0.25, 0.3) is 0 Å². The summed E-state index contributed by atoms with van der Waals surface area (Å²) in [6, 6.07) is 2.25. The summed E-state index contributed by atoms with van der Waals surface area (Å²) < 4.78 is 1.87. The van der Waals surface area contributed by atoms with Crippen molar-refractivity contribution in [2.45, 2.75) is 26.1 Å². The second-order valence-corrected chi connectivity index (χ2v) is 3.81. The van der Waals surface area contributed by atoms with E-state index >= 15 is 0 Å². The molecule has 1 aliphatic heterocycles. The minimum atomic E-state index is -0.0595. The predicted octanol–water partition coefficient (Wildman–Crippen LogP) is -0.405. The van der Waals surface area contributed by atoms with Gasteiger partial charge in [0.05, 0.1) is 12.6 Å². The van der Waals surface area contributed by atoms with E-state index in [1.54, 1.807) is 6.33 Å². The number of nitrogens with zero attached hydrogens (tertiary/aromatic N) is 5. The molecule has 1 aromatic heterocycles. The molecule has 0 bridgehead atoms. The molecule has 1 aromatic rings. The highest BCUT2D eigenvalue weighted by Gasteiger charge is 2.23. The number of hydrogen-bond donors (Lipinski definition) is 1. The van der Waals surface area contributed by atoms with Crippen molar-refractivity contribution in [2.24, 2.45) is 0 Å². The molecule has 2 rings (SSSR count). The zero-order chi connectivity index (χ0) is 11.4. The van der Waals surface area contributed by atoms with E-state index in [2.05, 4.69) is 26.4 Å². The van der Waals surface area contributed by atoms with E-state index in [4.69, 9.17) is 5.26 Å². The van der Waals surface area contributed by atoms with Gasteiger partial charge in [0, 0.05) is 26.2 Å². The molecule has 6 nitrogen and oxygen atoms in total. The van der Waals surface area contributed by atoms with Crippen molar-refractivity contribution in [3.05, 3.63) is 12.2 Å². The maximum absolute atomic E-state index is 9.04. The summed E-state index contributed by atoms with van der Waals surface area (Å²) >= 11 is 0. The molecule has 1 saturated heterocycles. The van der Waals surface area contributed by atoms with Crippen LogP contribution < -0.4 is 5.32 Å². The minimum Gasteiger partial charge on any atom is -0.313 e. The molecule has 16 heavy (non-hydrogen) atoms. The molecule has 2 heterocycles. The molecule has 1 aliphatic rings. The van der Waals surface area contributed by atoms with Gasteiger partial charge >= 0.3 is 0 Å². The van der Waals surface area contributed by atoms with Crippen LogP contribution in [-0.2, 0) is 13.1 Å². The molecule has 0 aromatic carbocycles. The lowest BCUT2D eigenvalue weighted by molar-refractivity contribution is 0.182. The third-order valence-electron chi connectivity index (χ3n) is 2.84. The highest BCUT2D eigenvalue weighted by atomic mass is 15.4. The fourth-order valence-corrected chi connectivity index (χ4v) is 1.92. The zero-order valence-corrected chi connectivity index (χ0v) is 9.43. The average molecular weight is 220 g/mol. The molecule has 1 atom stereocenters. The number of piperazine rings is 1. The first-order valence-corrected chi connectivity index (χ1v) is 5.56. The topological polar surface area (TPSA) is 69.8 Å². The first-order valence-electron chi connectivity index (χ1n) is 5.56. The van der Waals surface area contributed by atoms with E-state index in [1.165, 1.54) is 0 Å². The van der Waals surface area contributed by atoms with E-state index in [0.29, 0.717) is 6.54 Å². The number of aryl methyl sites for hydroxylation is 1. The van der Waals surface area contributed by atoms with Gasteiger partial charge in [-0.25, -0.2) is 9.67 Å². The van der Waals surface area contributed by atoms with Crippen molar-refractivity contribution in [2.75, 3.05) is 19.6 Å². The maximum Gasteiger partial charge on any atom is 0.141 e. The summed E-state index contributed by atoms with van der Waals surface area (Å²) in [6.45, 7) is 6.11. The van der Waals surface area contributed by atoms with Crippen molar-refractivity contribution in [3.63, 3.8) is 0 Å². The minimum absolute atomic E-state index is 0.0595. The van der Waals surface area contributed by atoms with E-state index in [-0.39, 0.29) is 6.04 Å². The van der Waals surface area contributed by atoms with Gasteiger partial charge in [-0.15, -0.1) is 0 Å². The second-order valence-electron chi connectivity index (χ2n) is 3.81. The SMILES string of the molecule is CCn1ncnc1CN1CCNCC1C#N. The molecule has 1 unspecified atom stereocenters. The largest absolute Gasteiger partial charge is 0.313 e. The van der Waals surface area contributed by atoms with E-state index in [9.17, 15) is 0 Å². The van der Waals surface area contributed by atoms with Gasteiger partial charge in [-0.05, 0) is 6.92 Å². The lowest BCUT2D eigenvalue weighted by atomic mass is 10.2. The van der Waals surface area contributed by atoms with Gasteiger partial charge in [0.15, 0.2) is 0 Å². The molecule has 6 heteroatoms. The Labute approximate surface area is 94.9 Å². The lowest BCUT2D eigenvalue weighted by Gasteiger charge is -2.31. The zero-order valence-electron chi connectivity index (χ0n) is 9.43. The predicted molar refractivity (Wildman–Crippen MR) is 58.4 cm³/mol. The number of nitriles is 1. The monoisotopic (exact) mass is 220 g/mol. The second kappa shape index (κ2) is 5.05. The summed E-state index contributed by atoms with van der Waals surface area (Å²) in [6.07, 6.45) is 1.57. The van der Waals surface area contributed by atoms with Crippen molar-refractivity contribution in [1.29, 1.82) is 5.26 Å². The Kier molecular flexibility index (Phi) is 3.49. The molecular formula is C10H16N6. The van der Waals surface area contributed by atoms with Crippen LogP contribution in [0.1, 0.15) is 12.7 Å². The van der Waals surface area contributed by atoms with Crippen LogP contribution in [-0.4, -0.2) is 45.3 Å². The van der Waals surface area contributed by atoms with Crippen LogP contribution in [0.25, 0.3) is 0 Å². The van der Waals surface area contributed by atoms with Gasteiger partial charge in [-0.2, -0.15) is 10.4 Å². The fourth-order valence-electron chi connectivity index (χ4n) is 1.92. The molecule has 1 N–H and O–H groups in total. The molecule has 0 amide bonds. The van der Waals surface area contributed by atoms with Gasteiger partial charge in [0.1, 0.15) is 18.2 Å². The Morgan fingerprint density at radius 1 is 1.69 bits per heavy atom. The summed E-state index contributed by atoms with van der Waals surface area (Å²) in [4.78, 5) is 6.38. The highest BCUT2D eigenvalue weighted by molar-refractivity contribution is 4.98. The quantitative estimate of drug-likeness (QED) is 0.750. The molecule has 0 aliphatic carbocycles. The Morgan fingerprint density at radius 2 is 2.56 bits per heavy atom. The van der Waals surface area contributed by atoms with Crippen LogP contribution in [0.2, 0.25) is 0 Å². The Hall–Kier alpha value is -1.45. The summed E-state index contributed by atoms with van der Waals surface area (Å²) in [7, 11) is 0. The van der Waals surface area contributed by atoms with Gasteiger partial charge in [0.2, 0.25) is 0 Å². The number of rotatable bonds is 3. The molecule has 0 saturated carbocycles. The normalized spacial score (nSPS) is 21.9. The molecule has 0 radical (unpaired) electrons. The van der Waals surface area contributed by atoms with Gasteiger partial charge in [-0.3, -0.25) is 4.90 Å². The van der Waals surface area contributed by atoms with Crippen LogP contribution in [0.5, 0.6) is 0 Å². The maximum atomic E-state index is 9.04. The van der Waals surface area contributed by atoms with E-state index < -0.39 is 0 Å². The van der Waals surface area contributed by atoms with Crippen molar-refractivity contribution < 1.29 is 0 Å². The van der Waals surface area contributed by atoms with E-state index in [0.717, 1.165) is 32.0 Å².